The first-order valence-corrected chi connectivity index (χ1v) is 11.5. The van der Waals surface area contributed by atoms with Crippen LogP contribution in [0.3, 0.4) is 0 Å². The molecule has 5 atom stereocenters. The molecular weight excluding hydrogens is 355 g/mol. The van der Waals surface area contributed by atoms with Crippen molar-refractivity contribution in [1.82, 2.24) is 0 Å². The van der Waals surface area contributed by atoms with Crippen molar-refractivity contribution in [1.29, 1.82) is 0 Å². The third kappa shape index (κ3) is 6.98. The van der Waals surface area contributed by atoms with E-state index >= 15 is 0 Å². The van der Waals surface area contributed by atoms with Crippen LogP contribution in [0.4, 0.5) is 0 Å². The molecule has 3 aliphatic rings. The molecule has 0 aliphatic carbocycles. The summed E-state index contributed by atoms with van der Waals surface area (Å²) in [4.78, 5) is 0. The van der Waals surface area contributed by atoms with Crippen molar-refractivity contribution in [3.63, 3.8) is 0 Å². The van der Waals surface area contributed by atoms with Crippen LogP contribution >= 0.6 is 0 Å². The first-order valence-electron chi connectivity index (χ1n) is 11.5. The minimum atomic E-state index is -0.184. The number of ether oxygens (including phenoxy) is 5. The summed E-state index contributed by atoms with van der Waals surface area (Å²) in [5.41, 5.74) is 0.00391. The topological polar surface area (TPSA) is 46.2 Å². The van der Waals surface area contributed by atoms with E-state index in [-0.39, 0.29) is 29.6 Å². The summed E-state index contributed by atoms with van der Waals surface area (Å²) in [6.45, 7) is 9.05. The molecule has 0 aromatic heterocycles. The summed E-state index contributed by atoms with van der Waals surface area (Å²) in [5.74, 6) is 0. The lowest BCUT2D eigenvalue weighted by Gasteiger charge is -2.32. The van der Waals surface area contributed by atoms with Crippen molar-refractivity contribution in [2.24, 2.45) is 5.41 Å². The highest BCUT2D eigenvalue weighted by atomic mass is 16.7. The Morgan fingerprint density at radius 2 is 1.61 bits per heavy atom. The Hall–Kier alpha value is -0.135. The second kappa shape index (κ2) is 10.3. The van der Waals surface area contributed by atoms with Gasteiger partial charge in [0.2, 0.25) is 0 Å². The third-order valence-electron chi connectivity index (χ3n) is 6.47. The van der Waals surface area contributed by atoms with Crippen molar-refractivity contribution < 1.29 is 23.7 Å². The van der Waals surface area contributed by atoms with Gasteiger partial charge in [0.1, 0.15) is 7.85 Å². The number of hydrogen-bond acceptors (Lipinski definition) is 5. The van der Waals surface area contributed by atoms with Crippen molar-refractivity contribution in [2.45, 2.75) is 115 Å². The van der Waals surface area contributed by atoms with Crippen LogP contribution in [0, 0.1) is 5.41 Å². The van der Waals surface area contributed by atoms with Gasteiger partial charge < -0.3 is 23.7 Å². The molecule has 0 aromatic rings. The molecule has 0 saturated carbocycles. The minimum Gasteiger partial charge on any atom is -0.378 e. The fraction of sp³-hybridized carbons (Fsp3) is 1.00. The molecule has 3 heterocycles. The molecule has 3 rings (SSSR count). The van der Waals surface area contributed by atoms with E-state index in [0.29, 0.717) is 12.7 Å². The van der Waals surface area contributed by atoms with E-state index in [2.05, 4.69) is 28.6 Å². The Bertz CT molecular complexity index is 460. The summed E-state index contributed by atoms with van der Waals surface area (Å²) >= 11 is 0. The van der Waals surface area contributed by atoms with E-state index in [1.165, 1.54) is 12.8 Å². The zero-order chi connectivity index (χ0) is 20.0. The van der Waals surface area contributed by atoms with Gasteiger partial charge in [-0.1, -0.05) is 27.2 Å². The van der Waals surface area contributed by atoms with Gasteiger partial charge in [-0.05, 0) is 56.8 Å². The van der Waals surface area contributed by atoms with Crippen molar-refractivity contribution in [3.05, 3.63) is 0 Å². The maximum absolute atomic E-state index is 6.41. The first-order chi connectivity index (χ1) is 13.3. The molecular formula is C22H41BO5. The Morgan fingerprint density at radius 3 is 2.43 bits per heavy atom. The Labute approximate surface area is 172 Å². The Morgan fingerprint density at radius 1 is 0.786 bits per heavy atom. The highest BCUT2D eigenvalue weighted by Gasteiger charge is 2.35. The Kier molecular flexibility index (Phi) is 8.26. The van der Waals surface area contributed by atoms with Gasteiger partial charge in [-0.3, -0.25) is 0 Å². The van der Waals surface area contributed by atoms with Crippen molar-refractivity contribution in [2.75, 3.05) is 19.8 Å². The number of rotatable bonds is 4. The monoisotopic (exact) mass is 396 g/mol. The van der Waals surface area contributed by atoms with E-state index in [9.17, 15) is 0 Å². The highest BCUT2D eigenvalue weighted by molar-refractivity contribution is 6.14. The summed E-state index contributed by atoms with van der Waals surface area (Å²) in [7, 11) is 2.21. The molecule has 0 spiro atoms. The maximum Gasteiger partial charge on any atom is 0.158 e. The molecule has 0 aromatic carbocycles. The van der Waals surface area contributed by atoms with Gasteiger partial charge >= 0.3 is 0 Å². The quantitative estimate of drug-likeness (QED) is 0.677. The molecule has 0 amide bonds. The van der Waals surface area contributed by atoms with Crippen LogP contribution in [0.1, 0.15) is 85.0 Å². The molecule has 3 aliphatic heterocycles. The molecule has 5 unspecified atom stereocenters. The van der Waals surface area contributed by atoms with E-state index in [1.807, 2.05) is 0 Å². The predicted molar refractivity (Wildman–Crippen MR) is 112 cm³/mol. The van der Waals surface area contributed by atoms with Crippen molar-refractivity contribution in [3.8, 4) is 0 Å². The summed E-state index contributed by atoms with van der Waals surface area (Å²) in [5, 5.41) is 0. The molecule has 0 N–H and O–H groups in total. The second-order valence-electron chi connectivity index (χ2n) is 10.2. The molecule has 3 saturated heterocycles. The largest absolute Gasteiger partial charge is 0.378 e. The summed E-state index contributed by atoms with van der Waals surface area (Å²) < 4.78 is 30.8. The Balaban J connectivity index is 1.45. The zero-order valence-electron chi connectivity index (χ0n) is 18.5. The maximum atomic E-state index is 6.41. The van der Waals surface area contributed by atoms with E-state index in [1.54, 1.807) is 0 Å². The average molecular weight is 396 g/mol. The summed E-state index contributed by atoms with van der Waals surface area (Å²) in [6.07, 6.45) is 10.7. The first kappa shape index (κ1) is 22.5. The van der Waals surface area contributed by atoms with E-state index < -0.39 is 0 Å². The van der Waals surface area contributed by atoms with Crippen LogP contribution < -0.4 is 0 Å². The molecule has 162 valence electrons. The predicted octanol–water partition coefficient (Wildman–Crippen LogP) is 3.78. The smallest absolute Gasteiger partial charge is 0.158 e. The van der Waals surface area contributed by atoms with Crippen LogP contribution in [0.2, 0.25) is 0 Å². The minimum absolute atomic E-state index is 0.0571. The van der Waals surface area contributed by atoms with Gasteiger partial charge in [-0.2, -0.15) is 0 Å². The van der Waals surface area contributed by atoms with Gasteiger partial charge in [0.05, 0.1) is 18.8 Å². The lowest BCUT2D eigenvalue weighted by atomic mass is 9.75. The number of hydrogen-bond donors (Lipinski definition) is 0. The van der Waals surface area contributed by atoms with Crippen molar-refractivity contribution >= 4 is 7.85 Å². The van der Waals surface area contributed by atoms with Gasteiger partial charge in [-0.15, -0.1) is 0 Å². The van der Waals surface area contributed by atoms with Crippen LogP contribution in [0.15, 0.2) is 0 Å². The summed E-state index contributed by atoms with van der Waals surface area (Å²) in [6, 6.07) is 0. The normalized spacial score (nSPS) is 39.0. The molecule has 0 bridgehead atoms. The lowest BCUT2D eigenvalue weighted by molar-refractivity contribution is -0.186. The van der Waals surface area contributed by atoms with Crippen LogP contribution in [-0.2, 0) is 23.7 Å². The molecule has 3 fully saturated rings. The second-order valence-corrected chi connectivity index (χ2v) is 10.2. The van der Waals surface area contributed by atoms with Crippen LogP contribution in [0.5, 0.6) is 0 Å². The SMILES string of the molecule is BC1(OC2CCCCCO2)CCOC(OC2CCOC(C(C)(C)C)CC2)CC1. The van der Waals surface area contributed by atoms with Gasteiger partial charge in [0, 0.05) is 25.1 Å². The average Bonchev–Trinajstić information content (AvgIpc) is 3.08. The standard InChI is InChI=1S/C22H41BO5/c1-21(2,3)18-9-8-17(11-15-24-18)27-19-10-12-22(23,13-16-26-19)28-20-7-5-4-6-14-25-20/h17-20H,4-16,23H2,1-3H3. The fourth-order valence-corrected chi connectivity index (χ4v) is 4.50. The molecule has 28 heavy (non-hydrogen) atoms. The van der Waals surface area contributed by atoms with Gasteiger partial charge in [0.25, 0.3) is 0 Å². The van der Waals surface area contributed by atoms with Crippen LogP contribution in [-0.4, -0.2) is 58.0 Å². The van der Waals surface area contributed by atoms with Gasteiger partial charge in [-0.25, -0.2) is 0 Å². The van der Waals surface area contributed by atoms with E-state index in [4.69, 9.17) is 23.7 Å². The van der Waals surface area contributed by atoms with Crippen LogP contribution in [0.25, 0.3) is 0 Å². The lowest BCUT2D eigenvalue weighted by Crippen LogP contribution is -2.38. The molecule has 6 heteroatoms. The van der Waals surface area contributed by atoms with Gasteiger partial charge in [0.15, 0.2) is 12.6 Å². The zero-order valence-corrected chi connectivity index (χ0v) is 18.5. The molecule has 0 radical (unpaired) electrons. The fourth-order valence-electron chi connectivity index (χ4n) is 4.50. The van der Waals surface area contributed by atoms with E-state index in [0.717, 1.165) is 64.6 Å². The highest BCUT2D eigenvalue weighted by Crippen LogP contribution is 2.32. The third-order valence-corrected chi connectivity index (χ3v) is 6.47. The molecule has 5 nitrogen and oxygen atoms in total.